The third kappa shape index (κ3) is 3.19. The lowest BCUT2D eigenvalue weighted by atomic mass is 10.1. The molecule has 0 bridgehead atoms. The first kappa shape index (κ1) is 15.5. The molecule has 0 spiro atoms. The molecule has 1 aromatic carbocycles. The van der Waals surface area contributed by atoms with E-state index in [1.807, 2.05) is 11.4 Å². The zero-order chi connectivity index (χ0) is 16.4. The standard InChI is InChI=1S/C16H16N2O4S/c1-2-3-14-17-11(9-23-14)10-4-5-13-12(6-10)18(7-16(20)21)15(19)8-22-13/h4-6,9H,2-3,7-8H2,1H3,(H,20,21). The van der Waals surface area contributed by atoms with Crippen LogP contribution in [0.15, 0.2) is 23.6 Å². The highest BCUT2D eigenvalue weighted by molar-refractivity contribution is 7.09. The predicted octanol–water partition coefficient (Wildman–Crippen LogP) is 2.57. The van der Waals surface area contributed by atoms with Crippen molar-refractivity contribution in [3.63, 3.8) is 0 Å². The average molecular weight is 332 g/mol. The fourth-order valence-electron chi connectivity index (χ4n) is 2.44. The molecule has 2 aromatic rings. The Labute approximate surface area is 137 Å². The molecule has 0 atom stereocenters. The quantitative estimate of drug-likeness (QED) is 0.910. The number of aryl methyl sites for hydroxylation is 1. The molecule has 3 rings (SSSR count). The molecule has 1 aliphatic heterocycles. The van der Waals surface area contributed by atoms with Gasteiger partial charge >= 0.3 is 5.97 Å². The highest BCUT2D eigenvalue weighted by Gasteiger charge is 2.27. The second-order valence-electron chi connectivity index (χ2n) is 5.22. The van der Waals surface area contributed by atoms with Gasteiger partial charge in [-0.15, -0.1) is 11.3 Å². The maximum Gasteiger partial charge on any atom is 0.323 e. The third-order valence-electron chi connectivity index (χ3n) is 3.51. The lowest BCUT2D eigenvalue weighted by molar-refractivity contribution is -0.137. The highest BCUT2D eigenvalue weighted by atomic mass is 32.1. The van der Waals surface area contributed by atoms with Crippen molar-refractivity contribution in [3.8, 4) is 17.0 Å². The number of hydrogen-bond donors (Lipinski definition) is 1. The van der Waals surface area contributed by atoms with Gasteiger partial charge in [0.15, 0.2) is 6.61 Å². The van der Waals surface area contributed by atoms with Crippen LogP contribution in [0.25, 0.3) is 11.3 Å². The van der Waals surface area contributed by atoms with Crippen LogP contribution in [0.1, 0.15) is 18.4 Å². The minimum atomic E-state index is -1.06. The van der Waals surface area contributed by atoms with E-state index < -0.39 is 5.97 Å². The van der Waals surface area contributed by atoms with Crippen LogP contribution in [0, 0.1) is 0 Å². The maximum atomic E-state index is 12.0. The Hall–Kier alpha value is -2.41. The van der Waals surface area contributed by atoms with Gasteiger partial charge in [-0.1, -0.05) is 6.92 Å². The molecule has 0 saturated carbocycles. The van der Waals surface area contributed by atoms with Crippen LogP contribution in [0.2, 0.25) is 0 Å². The number of amides is 1. The van der Waals surface area contributed by atoms with Gasteiger partial charge in [-0.05, 0) is 31.0 Å². The number of anilines is 1. The number of carbonyl (C=O) groups excluding carboxylic acids is 1. The first-order chi connectivity index (χ1) is 11.1. The van der Waals surface area contributed by atoms with E-state index in [1.54, 1.807) is 23.5 Å². The van der Waals surface area contributed by atoms with Gasteiger partial charge in [-0.2, -0.15) is 0 Å². The van der Waals surface area contributed by atoms with Crippen LogP contribution in [0.4, 0.5) is 5.69 Å². The van der Waals surface area contributed by atoms with Crippen molar-refractivity contribution in [2.75, 3.05) is 18.1 Å². The number of aliphatic carboxylic acids is 1. The molecule has 6 nitrogen and oxygen atoms in total. The van der Waals surface area contributed by atoms with E-state index in [0.29, 0.717) is 11.4 Å². The van der Waals surface area contributed by atoms with Crippen LogP contribution in [-0.2, 0) is 16.0 Å². The van der Waals surface area contributed by atoms with Gasteiger partial charge in [0.25, 0.3) is 5.91 Å². The molecule has 0 unspecified atom stereocenters. The number of hydrogen-bond acceptors (Lipinski definition) is 5. The van der Waals surface area contributed by atoms with Crippen LogP contribution in [-0.4, -0.2) is 35.1 Å². The molecular weight excluding hydrogens is 316 g/mol. The minimum Gasteiger partial charge on any atom is -0.482 e. The van der Waals surface area contributed by atoms with Gasteiger partial charge in [-0.3, -0.25) is 14.5 Å². The Bertz CT molecular complexity index is 756. The molecule has 0 fully saturated rings. The Balaban J connectivity index is 1.97. The van der Waals surface area contributed by atoms with E-state index in [4.69, 9.17) is 9.84 Å². The summed E-state index contributed by atoms with van der Waals surface area (Å²) in [4.78, 5) is 28.8. The number of rotatable bonds is 5. The largest absolute Gasteiger partial charge is 0.482 e. The fraction of sp³-hybridized carbons (Fsp3) is 0.312. The van der Waals surface area contributed by atoms with Crippen molar-refractivity contribution >= 4 is 28.9 Å². The first-order valence-electron chi connectivity index (χ1n) is 7.32. The van der Waals surface area contributed by atoms with E-state index in [2.05, 4.69) is 11.9 Å². The number of benzene rings is 1. The van der Waals surface area contributed by atoms with Gasteiger partial charge < -0.3 is 9.84 Å². The number of carboxylic acid groups (broad SMARTS) is 1. The van der Waals surface area contributed by atoms with E-state index >= 15 is 0 Å². The van der Waals surface area contributed by atoms with Gasteiger partial charge in [0.1, 0.15) is 12.3 Å². The molecule has 120 valence electrons. The summed E-state index contributed by atoms with van der Waals surface area (Å²) in [5.41, 5.74) is 2.15. The normalized spacial score (nSPS) is 13.6. The number of aromatic nitrogens is 1. The van der Waals surface area contributed by atoms with E-state index in [1.165, 1.54) is 4.90 Å². The third-order valence-corrected chi connectivity index (χ3v) is 4.42. The lowest BCUT2D eigenvalue weighted by Crippen LogP contribution is -2.41. The minimum absolute atomic E-state index is 0.142. The summed E-state index contributed by atoms with van der Waals surface area (Å²) in [5.74, 6) is -0.906. The summed E-state index contributed by atoms with van der Waals surface area (Å²) < 4.78 is 5.38. The molecule has 7 heteroatoms. The van der Waals surface area contributed by atoms with Crippen molar-refractivity contribution in [2.45, 2.75) is 19.8 Å². The average Bonchev–Trinajstić information content (AvgIpc) is 2.98. The summed E-state index contributed by atoms with van der Waals surface area (Å²) in [5, 5.41) is 12.0. The number of thiazole rings is 1. The first-order valence-corrected chi connectivity index (χ1v) is 8.20. The molecule has 1 aromatic heterocycles. The van der Waals surface area contributed by atoms with Crippen molar-refractivity contribution < 1.29 is 19.4 Å². The number of carbonyl (C=O) groups is 2. The van der Waals surface area contributed by atoms with Crippen LogP contribution in [0.5, 0.6) is 5.75 Å². The fourth-order valence-corrected chi connectivity index (χ4v) is 3.35. The molecule has 2 heterocycles. The molecular formula is C16H16N2O4S. The highest BCUT2D eigenvalue weighted by Crippen LogP contribution is 2.36. The number of nitrogens with zero attached hydrogens (tertiary/aromatic N) is 2. The van der Waals surface area contributed by atoms with Crippen LogP contribution >= 0.6 is 11.3 Å². The Morgan fingerprint density at radius 2 is 2.30 bits per heavy atom. The van der Waals surface area contributed by atoms with Gasteiger partial charge in [0.2, 0.25) is 0 Å². The van der Waals surface area contributed by atoms with Gasteiger partial charge in [-0.25, -0.2) is 4.98 Å². The monoisotopic (exact) mass is 332 g/mol. The van der Waals surface area contributed by atoms with Crippen molar-refractivity contribution in [2.24, 2.45) is 0 Å². The lowest BCUT2D eigenvalue weighted by Gasteiger charge is -2.28. The maximum absolute atomic E-state index is 12.0. The smallest absolute Gasteiger partial charge is 0.323 e. The topological polar surface area (TPSA) is 79.7 Å². The number of fused-ring (bicyclic) bond motifs is 1. The van der Waals surface area contributed by atoms with Crippen molar-refractivity contribution in [3.05, 3.63) is 28.6 Å². The molecule has 23 heavy (non-hydrogen) atoms. The molecule has 0 aliphatic carbocycles. The second kappa shape index (κ2) is 6.37. The number of carboxylic acids is 1. The molecule has 0 radical (unpaired) electrons. The van der Waals surface area contributed by atoms with Crippen LogP contribution in [0.3, 0.4) is 0 Å². The molecule has 1 amide bonds. The summed E-state index contributed by atoms with van der Waals surface area (Å²) in [7, 11) is 0. The van der Waals surface area contributed by atoms with E-state index in [9.17, 15) is 9.59 Å². The van der Waals surface area contributed by atoms with E-state index in [0.717, 1.165) is 29.1 Å². The van der Waals surface area contributed by atoms with Gasteiger partial charge in [0, 0.05) is 10.9 Å². The summed E-state index contributed by atoms with van der Waals surface area (Å²) >= 11 is 1.60. The molecule has 1 aliphatic rings. The molecule has 1 N–H and O–H groups in total. The predicted molar refractivity (Wildman–Crippen MR) is 87.0 cm³/mol. The van der Waals surface area contributed by atoms with Gasteiger partial charge in [0.05, 0.1) is 16.4 Å². The Kier molecular flexibility index (Phi) is 4.29. The second-order valence-corrected chi connectivity index (χ2v) is 6.16. The Morgan fingerprint density at radius 3 is 3.04 bits per heavy atom. The Morgan fingerprint density at radius 1 is 1.48 bits per heavy atom. The summed E-state index contributed by atoms with van der Waals surface area (Å²) in [6.45, 7) is 1.58. The SMILES string of the molecule is CCCc1nc(-c2ccc3c(c2)N(CC(=O)O)C(=O)CO3)cs1. The van der Waals surface area contributed by atoms with Crippen LogP contribution < -0.4 is 9.64 Å². The summed E-state index contributed by atoms with van der Waals surface area (Å²) in [6.07, 6.45) is 1.97. The zero-order valence-electron chi connectivity index (χ0n) is 12.6. The molecule has 0 saturated heterocycles. The number of ether oxygens (including phenoxy) is 1. The zero-order valence-corrected chi connectivity index (χ0v) is 13.4. The summed E-state index contributed by atoms with van der Waals surface area (Å²) in [6, 6.07) is 5.39. The van der Waals surface area contributed by atoms with Crippen molar-refractivity contribution in [1.29, 1.82) is 0 Å². The van der Waals surface area contributed by atoms with Crippen molar-refractivity contribution in [1.82, 2.24) is 4.98 Å². The van der Waals surface area contributed by atoms with E-state index in [-0.39, 0.29) is 19.1 Å².